The van der Waals surface area contributed by atoms with Crippen LogP contribution < -0.4 is 19.6 Å². The van der Waals surface area contributed by atoms with Gasteiger partial charge in [0.2, 0.25) is 0 Å². The van der Waals surface area contributed by atoms with Crippen LogP contribution in [-0.4, -0.2) is 44.9 Å². The van der Waals surface area contributed by atoms with Crippen LogP contribution in [0.2, 0.25) is 19.6 Å². The van der Waals surface area contributed by atoms with Gasteiger partial charge in [-0.25, -0.2) is 0 Å². The maximum atomic E-state index is 6.05. The fourth-order valence-corrected chi connectivity index (χ4v) is 5.39. The van der Waals surface area contributed by atoms with E-state index in [9.17, 15) is 0 Å². The van der Waals surface area contributed by atoms with Gasteiger partial charge in [0.1, 0.15) is 18.1 Å². The van der Waals surface area contributed by atoms with Crippen molar-refractivity contribution in [2.45, 2.75) is 33.1 Å². The van der Waals surface area contributed by atoms with Crippen LogP contribution in [0.5, 0.6) is 11.5 Å². The first-order valence-corrected chi connectivity index (χ1v) is 16.1. The molecular formula is C26H34N2O2S2Si. The van der Waals surface area contributed by atoms with E-state index in [0.29, 0.717) is 11.8 Å². The van der Waals surface area contributed by atoms with Gasteiger partial charge in [0.15, 0.2) is 0 Å². The largest absolute Gasteiger partial charge is 0.492 e. The van der Waals surface area contributed by atoms with E-state index in [1.165, 1.54) is 10.8 Å². The lowest BCUT2D eigenvalue weighted by Crippen LogP contribution is -2.37. The molecule has 0 amide bonds. The molecule has 0 unspecified atom stereocenters. The van der Waals surface area contributed by atoms with Crippen molar-refractivity contribution in [3.8, 4) is 11.5 Å². The third kappa shape index (κ3) is 7.67. The quantitative estimate of drug-likeness (QED) is 0.252. The van der Waals surface area contributed by atoms with Crippen molar-refractivity contribution in [3.63, 3.8) is 0 Å². The Bertz CT molecular complexity index is 1020. The molecule has 0 saturated heterocycles. The Labute approximate surface area is 208 Å². The standard InChI is InChI=1S/C26H34N2O2S2Si/c1-6-28(19-21-14-17-32-20-21)15-16-29-24-9-7-8-22(18-24)27(2)26(31)30-23-10-12-25(13-11-23)33(3,4)5/h7-14,17-18,20H,6,15-16,19H2,1-5H3. The van der Waals surface area contributed by atoms with Gasteiger partial charge < -0.3 is 14.4 Å². The molecule has 176 valence electrons. The SMILES string of the molecule is CCN(CCOc1cccc(N(C)C(=S)Oc2ccc([Si](C)(C)C)cc2)c1)Cc1ccsc1. The molecule has 0 fully saturated rings. The van der Waals surface area contributed by atoms with Gasteiger partial charge in [-0.1, -0.05) is 50.0 Å². The number of thiocarbonyl (C=S) groups is 1. The highest BCUT2D eigenvalue weighted by atomic mass is 32.1. The smallest absolute Gasteiger partial charge is 0.269 e. The van der Waals surface area contributed by atoms with Crippen molar-refractivity contribution in [1.82, 2.24) is 4.90 Å². The molecule has 0 spiro atoms. The molecule has 0 atom stereocenters. The van der Waals surface area contributed by atoms with Gasteiger partial charge in [0.05, 0.1) is 8.07 Å². The van der Waals surface area contributed by atoms with Gasteiger partial charge in [-0.3, -0.25) is 4.90 Å². The Kier molecular flexibility index (Phi) is 9.08. The maximum absolute atomic E-state index is 6.05. The first-order valence-electron chi connectivity index (χ1n) is 11.3. The second-order valence-corrected chi connectivity index (χ2v) is 15.3. The zero-order valence-corrected chi connectivity index (χ0v) is 22.8. The van der Waals surface area contributed by atoms with Gasteiger partial charge in [0, 0.05) is 31.9 Å². The van der Waals surface area contributed by atoms with E-state index < -0.39 is 8.07 Å². The molecule has 33 heavy (non-hydrogen) atoms. The number of hydrogen-bond donors (Lipinski definition) is 0. The van der Waals surface area contributed by atoms with Crippen LogP contribution in [0.4, 0.5) is 5.69 Å². The molecule has 4 nitrogen and oxygen atoms in total. The lowest BCUT2D eigenvalue weighted by molar-refractivity contribution is 0.210. The van der Waals surface area contributed by atoms with Crippen LogP contribution in [0.25, 0.3) is 0 Å². The third-order valence-electron chi connectivity index (χ3n) is 5.51. The molecule has 1 heterocycles. The van der Waals surface area contributed by atoms with E-state index >= 15 is 0 Å². The highest BCUT2D eigenvalue weighted by Crippen LogP contribution is 2.22. The molecule has 0 aliphatic heterocycles. The Morgan fingerprint density at radius 3 is 2.42 bits per heavy atom. The van der Waals surface area contributed by atoms with Crippen LogP contribution in [-0.2, 0) is 6.54 Å². The van der Waals surface area contributed by atoms with Crippen LogP contribution in [0.15, 0.2) is 65.4 Å². The first kappa shape index (κ1) is 25.4. The second-order valence-electron chi connectivity index (χ2n) is 9.05. The summed E-state index contributed by atoms with van der Waals surface area (Å²) in [5.41, 5.74) is 2.29. The number of benzene rings is 2. The molecular weight excluding hydrogens is 465 g/mol. The molecule has 0 radical (unpaired) electrons. The summed E-state index contributed by atoms with van der Waals surface area (Å²) in [7, 11) is 0.584. The zero-order chi connectivity index (χ0) is 23.8. The minimum absolute atomic E-state index is 0.404. The van der Waals surface area contributed by atoms with E-state index in [-0.39, 0.29) is 0 Å². The third-order valence-corrected chi connectivity index (χ3v) is 8.67. The summed E-state index contributed by atoms with van der Waals surface area (Å²) in [6, 6.07) is 18.4. The van der Waals surface area contributed by atoms with E-state index in [0.717, 1.165) is 36.8 Å². The van der Waals surface area contributed by atoms with Gasteiger partial charge in [-0.2, -0.15) is 11.3 Å². The lowest BCUT2D eigenvalue weighted by Gasteiger charge is -2.22. The maximum Gasteiger partial charge on any atom is 0.269 e. The molecule has 0 saturated carbocycles. The van der Waals surface area contributed by atoms with Crippen molar-refractivity contribution >= 4 is 47.7 Å². The minimum Gasteiger partial charge on any atom is -0.492 e. The number of rotatable bonds is 10. The highest BCUT2D eigenvalue weighted by molar-refractivity contribution is 7.80. The molecule has 0 aliphatic rings. The van der Waals surface area contributed by atoms with Crippen LogP contribution in [0, 0.1) is 0 Å². The molecule has 1 aromatic heterocycles. The van der Waals surface area contributed by atoms with Crippen molar-refractivity contribution in [3.05, 3.63) is 70.9 Å². The normalized spacial score (nSPS) is 11.5. The summed E-state index contributed by atoms with van der Waals surface area (Å²) < 4.78 is 12.0. The Morgan fingerprint density at radius 1 is 1.03 bits per heavy atom. The molecule has 0 bridgehead atoms. The van der Waals surface area contributed by atoms with Crippen LogP contribution >= 0.6 is 23.6 Å². The fourth-order valence-electron chi connectivity index (χ4n) is 3.36. The summed E-state index contributed by atoms with van der Waals surface area (Å²) in [4.78, 5) is 4.25. The molecule has 7 heteroatoms. The number of thiophene rings is 1. The molecule has 0 aliphatic carbocycles. The Hall–Kier alpha value is -2.19. The predicted octanol–water partition coefficient (Wildman–Crippen LogP) is 5.99. The predicted molar refractivity (Wildman–Crippen MR) is 148 cm³/mol. The van der Waals surface area contributed by atoms with Gasteiger partial charge in [0.25, 0.3) is 5.17 Å². The molecule has 3 aromatic rings. The van der Waals surface area contributed by atoms with Crippen molar-refractivity contribution in [2.75, 3.05) is 31.6 Å². The van der Waals surface area contributed by atoms with Gasteiger partial charge in [-0.15, -0.1) is 0 Å². The zero-order valence-electron chi connectivity index (χ0n) is 20.2. The molecule has 0 N–H and O–H groups in total. The second kappa shape index (κ2) is 11.8. The van der Waals surface area contributed by atoms with Crippen LogP contribution in [0.3, 0.4) is 0 Å². The van der Waals surface area contributed by atoms with E-state index in [1.54, 1.807) is 11.3 Å². The summed E-state index contributed by atoms with van der Waals surface area (Å²) in [6.07, 6.45) is 0. The lowest BCUT2D eigenvalue weighted by atomic mass is 10.3. The number of anilines is 1. The Morgan fingerprint density at radius 2 is 1.79 bits per heavy atom. The van der Waals surface area contributed by atoms with E-state index in [4.69, 9.17) is 21.7 Å². The number of hydrogen-bond acceptors (Lipinski definition) is 5. The summed E-state index contributed by atoms with van der Waals surface area (Å²) in [5.74, 6) is 1.58. The summed E-state index contributed by atoms with van der Waals surface area (Å²) in [5, 5.41) is 6.13. The van der Waals surface area contributed by atoms with Gasteiger partial charge >= 0.3 is 0 Å². The van der Waals surface area contributed by atoms with E-state index in [2.05, 4.69) is 60.4 Å². The highest BCUT2D eigenvalue weighted by Gasteiger charge is 2.16. The summed E-state index contributed by atoms with van der Waals surface area (Å²) >= 11 is 7.29. The number of nitrogens with zero attached hydrogens (tertiary/aromatic N) is 2. The first-order chi connectivity index (χ1) is 15.8. The summed E-state index contributed by atoms with van der Waals surface area (Å²) in [6.45, 7) is 12.6. The average molecular weight is 499 g/mol. The van der Waals surface area contributed by atoms with Crippen molar-refractivity contribution in [2.24, 2.45) is 0 Å². The number of likely N-dealkylation sites (N-methyl/N-ethyl adjacent to an activating group) is 1. The van der Waals surface area contributed by atoms with Crippen molar-refractivity contribution in [1.29, 1.82) is 0 Å². The number of ether oxygens (including phenoxy) is 2. The van der Waals surface area contributed by atoms with Crippen molar-refractivity contribution < 1.29 is 9.47 Å². The van der Waals surface area contributed by atoms with Crippen LogP contribution in [0.1, 0.15) is 12.5 Å². The Balaban J connectivity index is 1.53. The van der Waals surface area contributed by atoms with Gasteiger partial charge in [-0.05, 0) is 65.4 Å². The van der Waals surface area contributed by atoms with E-state index in [1.807, 2.05) is 48.3 Å². The average Bonchev–Trinajstić information content (AvgIpc) is 3.31. The monoisotopic (exact) mass is 498 g/mol. The fraction of sp³-hybridized carbons (Fsp3) is 0.346. The topological polar surface area (TPSA) is 24.9 Å². The molecule has 2 aromatic carbocycles. The minimum atomic E-state index is -1.33. The molecule has 3 rings (SSSR count).